The van der Waals surface area contributed by atoms with Crippen molar-refractivity contribution in [2.45, 2.75) is 40.0 Å². The maximum Gasteiger partial charge on any atom is 0.0214 e. The Bertz CT molecular complexity index is 162. The molecule has 0 aliphatic carbocycles. The standard InChI is InChI=1S/C11H19Br/c1-4-11(8-9-12)7-5-6-10(2)3/h6,8H,4-5,7,9H2,1-3H3/b11-8+. The van der Waals surface area contributed by atoms with E-state index in [1.54, 1.807) is 5.57 Å². The van der Waals surface area contributed by atoms with Crippen LogP contribution in [0.25, 0.3) is 0 Å². The average Bonchev–Trinajstić information content (AvgIpc) is 2.02. The quantitative estimate of drug-likeness (QED) is 0.484. The van der Waals surface area contributed by atoms with E-state index < -0.39 is 0 Å². The maximum atomic E-state index is 3.42. The molecule has 0 aliphatic heterocycles. The maximum absolute atomic E-state index is 3.42. The van der Waals surface area contributed by atoms with Crippen molar-refractivity contribution in [2.24, 2.45) is 0 Å². The SMILES string of the molecule is CC/C(=C\CBr)CCC=C(C)C. The first-order valence-corrected chi connectivity index (χ1v) is 5.70. The molecule has 0 aromatic carbocycles. The van der Waals surface area contributed by atoms with Crippen molar-refractivity contribution in [3.05, 3.63) is 23.3 Å². The fraction of sp³-hybridized carbons (Fsp3) is 0.636. The van der Waals surface area contributed by atoms with Crippen molar-refractivity contribution in [1.29, 1.82) is 0 Å². The molecule has 0 aliphatic rings. The van der Waals surface area contributed by atoms with Gasteiger partial charge < -0.3 is 0 Å². The molecular formula is C11H19Br. The molecule has 12 heavy (non-hydrogen) atoms. The van der Waals surface area contributed by atoms with Crippen molar-refractivity contribution in [3.8, 4) is 0 Å². The van der Waals surface area contributed by atoms with E-state index in [2.05, 4.69) is 48.9 Å². The summed E-state index contributed by atoms with van der Waals surface area (Å²) in [6.45, 7) is 6.52. The highest BCUT2D eigenvalue weighted by Crippen LogP contribution is 2.11. The summed E-state index contributed by atoms with van der Waals surface area (Å²) in [5.74, 6) is 0. The second-order valence-electron chi connectivity index (χ2n) is 3.19. The topological polar surface area (TPSA) is 0 Å². The fourth-order valence-electron chi connectivity index (χ4n) is 1.08. The van der Waals surface area contributed by atoms with Gasteiger partial charge in [-0.3, -0.25) is 0 Å². The van der Waals surface area contributed by atoms with Gasteiger partial charge in [0.05, 0.1) is 0 Å². The zero-order valence-electron chi connectivity index (χ0n) is 8.36. The molecule has 0 atom stereocenters. The Hall–Kier alpha value is -0.0400. The summed E-state index contributed by atoms with van der Waals surface area (Å²) in [4.78, 5) is 0. The molecule has 0 spiro atoms. The minimum Gasteiger partial charge on any atom is -0.0883 e. The van der Waals surface area contributed by atoms with Crippen molar-refractivity contribution < 1.29 is 0 Å². The van der Waals surface area contributed by atoms with Gasteiger partial charge in [-0.15, -0.1) is 0 Å². The Morgan fingerprint density at radius 2 is 1.92 bits per heavy atom. The third-order valence-electron chi connectivity index (χ3n) is 1.84. The minimum absolute atomic E-state index is 0.991. The summed E-state index contributed by atoms with van der Waals surface area (Å²) in [7, 11) is 0. The Kier molecular flexibility index (Phi) is 7.58. The molecule has 0 aromatic heterocycles. The molecular weight excluding hydrogens is 212 g/mol. The first-order chi connectivity index (χ1) is 5.70. The van der Waals surface area contributed by atoms with Crippen LogP contribution in [0.2, 0.25) is 0 Å². The average molecular weight is 231 g/mol. The van der Waals surface area contributed by atoms with Crippen LogP contribution in [0.15, 0.2) is 23.3 Å². The van der Waals surface area contributed by atoms with Gasteiger partial charge in [-0.25, -0.2) is 0 Å². The number of hydrogen-bond donors (Lipinski definition) is 0. The zero-order chi connectivity index (χ0) is 9.40. The molecule has 0 aromatic rings. The van der Waals surface area contributed by atoms with Crippen molar-refractivity contribution >= 4 is 15.9 Å². The zero-order valence-corrected chi connectivity index (χ0v) is 9.95. The third-order valence-corrected chi connectivity index (χ3v) is 2.16. The third kappa shape index (κ3) is 6.66. The first kappa shape index (κ1) is 12.0. The van der Waals surface area contributed by atoms with Crippen LogP contribution in [0.3, 0.4) is 0 Å². The predicted molar refractivity (Wildman–Crippen MR) is 60.8 cm³/mol. The summed E-state index contributed by atoms with van der Waals surface area (Å²) in [5.41, 5.74) is 2.98. The van der Waals surface area contributed by atoms with Crippen LogP contribution < -0.4 is 0 Å². The van der Waals surface area contributed by atoms with Crippen LogP contribution in [-0.2, 0) is 0 Å². The predicted octanol–water partition coefficient (Wildman–Crippen LogP) is 4.46. The molecule has 0 fully saturated rings. The van der Waals surface area contributed by atoms with Gasteiger partial charge >= 0.3 is 0 Å². The van der Waals surface area contributed by atoms with Gasteiger partial charge in [-0.05, 0) is 33.1 Å². The smallest absolute Gasteiger partial charge is 0.0214 e. The van der Waals surface area contributed by atoms with Crippen LogP contribution in [0, 0.1) is 0 Å². The monoisotopic (exact) mass is 230 g/mol. The molecule has 0 bridgehead atoms. The lowest BCUT2D eigenvalue weighted by molar-refractivity contribution is 0.900. The lowest BCUT2D eigenvalue weighted by atomic mass is 10.1. The van der Waals surface area contributed by atoms with E-state index in [1.807, 2.05) is 0 Å². The Labute approximate surface area is 84.9 Å². The molecule has 0 saturated heterocycles. The van der Waals surface area contributed by atoms with Gasteiger partial charge in [0.2, 0.25) is 0 Å². The summed E-state index contributed by atoms with van der Waals surface area (Å²) < 4.78 is 0. The van der Waals surface area contributed by atoms with Crippen LogP contribution in [0.4, 0.5) is 0 Å². The number of allylic oxidation sites excluding steroid dienone is 4. The van der Waals surface area contributed by atoms with Crippen molar-refractivity contribution in [1.82, 2.24) is 0 Å². The van der Waals surface area contributed by atoms with Gasteiger partial charge in [0.15, 0.2) is 0 Å². The molecule has 0 N–H and O–H groups in total. The first-order valence-electron chi connectivity index (χ1n) is 4.58. The number of rotatable bonds is 5. The molecule has 0 radical (unpaired) electrons. The lowest BCUT2D eigenvalue weighted by Crippen LogP contribution is -1.82. The number of alkyl halides is 1. The Morgan fingerprint density at radius 3 is 2.33 bits per heavy atom. The number of hydrogen-bond acceptors (Lipinski definition) is 0. The van der Waals surface area contributed by atoms with Gasteiger partial charge in [0, 0.05) is 5.33 Å². The van der Waals surface area contributed by atoms with Crippen LogP contribution >= 0.6 is 15.9 Å². The molecule has 1 heteroatoms. The van der Waals surface area contributed by atoms with Crippen molar-refractivity contribution in [3.63, 3.8) is 0 Å². The Balaban J connectivity index is 3.74. The minimum atomic E-state index is 0.991. The highest BCUT2D eigenvalue weighted by atomic mass is 79.9. The van der Waals surface area contributed by atoms with Crippen LogP contribution in [0.5, 0.6) is 0 Å². The molecule has 0 heterocycles. The van der Waals surface area contributed by atoms with Gasteiger partial charge in [-0.2, -0.15) is 0 Å². The van der Waals surface area contributed by atoms with E-state index in [9.17, 15) is 0 Å². The fourth-order valence-corrected chi connectivity index (χ4v) is 1.54. The summed E-state index contributed by atoms with van der Waals surface area (Å²) in [5, 5.41) is 0.991. The highest BCUT2D eigenvalue weighted by Gasteiger charge is 1.91. The Morgan fingerprint density at radius 1 is 1.25 bits per heavy atom. The van der Waals surface area contributed by atoms with Gasteiger partial charge in [-0.1, -0.05) is 46.2 Å². The van der Waals surface area contributed by atoms with E-state index in [0.29, 0.717) is 0 Å². The molecule has 0 saturated carbocycles. The lowest BCUT2D eigenvalue weighted by Gasteiger charge is -2.00. The highest BCUT2D eigenvalue weighted by molar-refractivity contribution is 9.09. The van der Waals surface area contributed by atoms with E-state index >= 15 is 0 Å². The number of halogens is 1. The summed E-state index contributed by atoms with van der Waals surface area (Å²) in [6.07, 6.45) is 8.17. The molecule has 0 rings (SSSR count). The largest absolute Gasteiger partial charge is 0.0883 e. The summed E-state index contributed by atoms with van der Waals surface area (Å²) in [6, 6.07) is 0. The summed E-state index contributed by atoms with van der Waals surface area (Å²) >= 11 is 3.42. The van der Waals surface area contributed by atoms with Gasteiger partial charge in [0.1, 0.15) is 0 Å². The normalized spacial score (nSPS) is 11.5. The second kappa shape index (κ2) is 7.60. The van der Waals surface area contributed by atoms with E-state index in [1.165, 1.54) is 24.8 Å². The van der Waals surface area contributed by atoms with Crippen molar-refractivity contribution in [2.75, 3.05) is 5.33 Å². The molecule has 70 valence electrons. The van der Waals surface area contributed by atoms with Gasteiger partial charge in [0.25, 0.3) is 0 Å². The van der Waals surface area contributed by atoms with E-state index in [0.717, 1.165) is 5.33 Å². The molecule has 0 amide bonds. The molecule has 0 unspecified atom stereocenters. The second-order valence-corrected chi connectivity index (χ2v) is 3.84. The van der Waals surface area contributed by atoms with E-state index in [-0.39, 0.29) is 0 Å². The van der Waals surface area contributed by atoms with E-state index in [4.69, 9.17) is 0 Å². The molecule has 0 nitrogen and oxygen atoms in total. The van der Waals surface area contributed by atoms with Crippen LogP contribution in [0.1, 0.15) is 40.0 Å². The van der Waals surface area contributed by atoms with Crippen LogP contribution in [-0.4, -0.2) is 5.33 Å².